The number of carboxylic acids is 1. The highest BCUT2D eigenvalue weighted by Crippen LogP contribution is 2.21. The summed E-state index contributed by atoms with van der Waals surface area (Å²) in [7, 11) is 0. The van der Waals surface area contributed by atoms with Crippen LogP contribution in [0.1, 0.15) is 32.1 Å². The second-order valence-electron chi connectivity index (χ2n) is 5.00. The summed E-state index contributed by atoms with van der Waals surface area (Å²) in [5.74, 6) is 3.67. The molecule has 0 radical (unpaired) electrons. The maximum atomic E-state index is 10.7. The van der Waals surface area contributed by atoms with Crippen LogP contribution in [-0.4, -0.2) is 17.2 Å². The molecule has 0 aromatic heterocycles. The zero-order valence-electron chi connectivity index (χ0n) is 12.9. The highest BCUT2D eigenvalue weighted by molar-refractivity contribution is 7.97. The summed E-state index contributed by atoms with van der Waals surface area (Å²) in [5, 5.41) is 14.0. The van der Waals surface area contributed by atoms with Crippen LogP contribution >= 0.6 is 11.9 Å². The summed E-state index contributed by atoms with van der Waals surface area (Å²) in [5.41, 5.74) is 7.22. The number of benzene rings is 1. The number of hydrogen-bond donors (Lipinski definition) is 5. The van der Waals surface area contributed by atoms with Crippen molar-refractivity contribution in [3.05, 3.63) is 41.9 Å². The van der Waals surface area contributed by atoms with Gasteiger partial charge >= 0.3 is 5.97 Å². The van der Waals surface area contributed by atoms with Crippen molar-refractivity contribution in [1.82, 2.24) is 5.43 Å². The molecule has 1 fully saturated rings. The van der Waals surface area contributed by atoms with Gasteiger partial charge in [0.25, 0.3) is 0 Å². The maximum Gasteiger partial charge on any atom is 0.358 e. The van der Waals surface area contributed by atoms with Gasteiger partial charge in [0.2, 0.25) is 5.88 Å². The third-order valence-corrected chi connectivity index (χ3v) is 3.87. The fourth-order valence-electron chi connectivity index (χ4n) is 2.16. The van der Waals surface area contributed by atoms with Crippen LogP contribution in [-0.2, 0) is 9.53 Å². The Morgan fingerprint density at radius 2 is 1.83 bits per heavy atom. The molecule has 0 unspecified atom stereocenters. The van der Waals surface area contributed by atoms with E-state index in [9.17, 15) is 4.79 Å². The Balaban J connectivity index is 0.000000277. The largest absolute Gasteiger partial charge is 0.476 e. The van der Waals surface area contributed by atoms with Crippen molar-refractivity contribution in [1.29, 1.82) is 0 Å². The first-order valence-corrected chi connectivity index (χ1v) is 8.24. The molecule has 0 bridgehead atoms. The summed E-state index contributed by atoms with van der Waals surface area (Å²) >= 11 is 1.27. The number of nitrogens with two attached hydrogens (primary N) is 3. The van der Waals surface area contributed by atoms with Gasteiger partial charge in [0, 0.05) is 4.90 Å². The van der Waals surface area contributed by atoms with Gasteiger partial charge in [-0.3, -0.25) is 11.0 Å². The first-order chi connectivity index (χ1) is 11.1. The molecular formula is C15H24N4O3S. The summed E-state index contributed by atoms with van der Waals surface area (Å²) in [4.78, 5) is 11.8. The maximum absolute atomic E-state index is 10.7. The minimum absolute atomic E-state index is 0.0152. The fourth-order valence-corrected chi connectivity index (χ4v) is 2.47. The molecule has 1 aromatic rings. The van der Waals surface area contributed by atoms with E-state index in [2.05, 4.69) is 0 Å². The second-order valence-corrected chi connectivity index (χ2v) is 5.70. The average molecular weight is 340 g/mol. The monoisotopic (exact) mass is 340 g/mol. The number of hydrazine groups is 1. The second kappa shape index (κ2) is 10.8. The van der Waals surface area contributed by atoms with Crippen molar-refractivity contribution in [2.75, 3.05) is 0 Å². The van der Waals surface area contributed by atoms with Gasteiger partial charge in [-0.15, -0.1) is 0 Å². The Kier molecular flexibility index (Phi) is 8.96. The van der Waals surface area contributed by atoms with E-state index in [0.29, 0.717) is 0 Å². The Labute approximate surface area is 140 Å². The Morgan fingerprint density at radius 1 is 1.22 bits per heavy atom. The summed E-state index contributed by atoms with van der Waals surface area (Å²) in [6, 6.07) is 9.86. The molecule has 8 N–H and O–H groups in total. The Bertz CT molecular complexity index is 505. The molecule has 0 spiro atoms. The van der Waals surface area contributed by atoms with Crippen LogP contribution < -0.4 is 22.1 Å². The lowest BCUT2D eigenvalue weighted by molar-refractivity contribution is -0.133. The minimum atomic E-state index is -1.22. The molecule has 1 aliphatic rings. The standard InChI is InChI=1S/C9H17N3O3.C6H7NS/c10-8(7(12-11)9(13)14)15-6-4-2-1-3-5-6;7-8-6-4-2-1-3-5-6/h6,12H,1-5,10-11H2,(H,13,14);1-5H,7H2/b8-7+;. The average Bonchev–Trinajstić information content (AvgIpc) is 2.57. The smallest absolute Gasteiger partial charge is 0.358 e. The first-order valence-electron chi connectivity index (χ1n) is 7.36. The van der Waals surface area contributed by atoms with Gasteiger partial charge in [0.05, 0.1) is 0 Å². The lowest BCUT2D eigenvalue weighted by Crippen LogP contribution is -2.32. The van der Waals surface area contributed by atoms with Gasteiger partial charge in [-0.25, -0.2) is 4.79 Å². The number of nitrogens with one attached hydrogen (secondary N) is 1. The quantitative estimate of drug-likeness (QED) is 0.179. The molecule has 0 amide bonds. The molecule has 0 saturated heterocycles. The van der Waals surface area contributed by atoms with Gasteiger partial charge in [0.1, 0.15) is 6.10 Å². The van der Waals surface area contributed by atoms with Crippen molar-refractivity contribution in [2.24, 2.45) is 16.7 Å². The van der Waals surface area contributed by atoms with Crippen LogP contribution in [0.3, 0.4) is 0 Å². The molecule has 0 atom stereocenters. The molecule has 128 valence electrons. The van der Waals surface area contributed by atoms with Crippen molar-refractivity contribution in [2.45, 2.75) is 43.1 Å². The van der Waals surface area contributed by atoms with Crippen LogP contribution in [0, 0.1) is 0 Å². The SMILES string of the molecule is NN/C(C(=O)O)=C(\N)OC1CCCCC1.NSc1ccccc1. The van der Waals surface area contributed by atoms with Crippen molar-refractivity contribution in [3.8, 4) is 0 Å². The Morgan fingerprint density at radius 3 is 2.26 bits per heavy atom. The van der Waals surface area contributed by atoms with Gasteiger partial charge in [-0.1, -0.05) is 24.6 Å². The summed E-state index contributed by atoms with van der Waals surface area (Å²) < 4.78 is 5.34. The molecule has 1 aliphatic carbocycles. The van der Waals surface area contributed by atoms with E-state index in [1.165, 1.54) is 18.4 Å². The summed E-state index contributed by atoms with van der Waals surface area (Å²) in [6.45, 7) is 0. The number of ether oxygens (including phenoxy) is 1. The van der Waals surface area contributed by atoms with E-state index >= 15 is 0 Å². The normalized spacial score (nSPS) is 15.7. The lowest BCUT2D eigenvalue weighted by Gasteiger charge is -2.23. The van der Waals surface area contributed by atoms with E-state index < -0.39 is 5.97 Å². The zero-order valence-corrected chi connectivity index (χ0v) is 13.7. The van der Waals surface area contributed by atoms with Crippen molar-refractivity contribution >= 4 is 17.9 Å². The third-order valence-electron chi connectivity index (χ3n) is 3.33. The summed E-state index contributed by atoms with van der Waals surface area (Å²) in [6.07, 6.45) is 5.23. The molecule has 7 nitrogen and oxygen atoms in total. The molecule has 1 aromatic carbocycles. The molecule has 0 heterocycles. The van der Waals surface area contributed by atoms with Crippen molar-refractivity contribution in [3.63, 3.8) is 0 Å². The van der Waals surface area contributed by atoms with E-state index in [4.69, 9.17) is 26.6 Å². The van der Waals surface area contributed by atoms with E-state index in [1.54, 1.807) is 0 Å². The third kappa shape index (κ3) is 7.27. The highest BCUT2D eigenvalue weighted by atomic mass is 32.2. The van der Waals surface area contributed by atoms with E-state index in [0.717, 1.165) is 30.6 Å². The van der Waals surface area contributed by atoms with Crippen LogP contribution in [0.25, 0.3) is 0 Å². The number of hydrogen-bond acceptors (Lipinski definition) is 7. The Hall–Kier alpha value is -1.90. The number of rotatable bonds is 5. The topological polar surface area (TPSA) is 137 Å². The van der Waals surface area contributed by atoms with E-state index in [1.807, 2.05) is 35.8 Å². The molecular weight excluding hydrogens is 316 g/mol. The lowest BCUT2D eigenvalue weighted by atomic mass is 9.98. The van der Waals surface area contributed by atoms with E-state index in [-0.39, 0.29) is 17.7 Å². The minimum Gasteiger partial charge on any atom is -0.476 e. The number of carbonyl (C=O) groups is 1. The predicted molar refractivity (Wildman–Crippen MR) is 90.6 cm³/mol. The zero-order chi connectivity index (χ0) is 17.1. The number of carboxylic acid groups (broad SMARTS) is 1. The molecule has 2 rings (SSSR count). The molecule has 8 heteroatoms. The van der Waals surface area contributed by atoms with Gasteiger partial charge < -0.3 is 21.0 Å². The van der Waals surface area contributed by atoms with Gasteiger partial charge in [0.15, 0.2) is 5.70 Å². The molecule has 1 saturated carbocycles. The molecule has 0 aliphatic heterocycles. The first kappa shape index (κ1) is 19.1. The van der Waals surface area contributed by atoms with Crippen LogP contribution in [0.15, 0.2) is 46.8 Å². The highest BCUT2D eigenvalue weighted by Gasteiger charge is 2.19. The predicted octanol–water partition coefficient (Wildman–Crippen LogP) is 1.66. The fraction of sp³-hybridized carbons (Fsp3) is 0.400. The van der Waals surface area contributed by atoms with Gasteiger partial charge in [-0.05, 0) is 49.8 Å². The van der Waals surface area contributed by atoms with Crippen LogP contribution in [0.5, 0.6) is 0 Å². The molecule has 23 heavy (non-hydrogen) atoms. The van der Waals surface area contributed by atoms with Gasteiger partial charge in [-0.2, -0.15) is 0 Å². The van der Waals surface area contributed by atoms with Crippen molar-refractivity contribution < 1.29 is 14.6 Å². The van der Waals surface area contributed by atoms with Crippen LogP contribution in [0.2, 0.25) is 0 Å². The number of aliphatic carboxylic acids is 1. The van der Waals surface area contributed by atoms with Crippen LogP contribution in [0.4, 0.5) is 0 Å².